The molecule has 0 radical (unpaired) electrons. The van der Waals surface area contributed by atoms with Crippen LogP contribution in [0.4, 0.5) is 17.1 Å². The minimum atomic E-state index is -0.481. The first-order valence-electron chi connectivity index (χ1n) is 9.94. The zero-order valence-electron chi connectivity index (χ0n) is 17.2. The summed E-state index contributed by atoms with van der Waals surface area (Å²) in [6.07, 6.45) is 2.89. The molecular weight excluding hydrogens is 490 g/mol. The third-order valence-electron chi connectivity index (χ3n) is 4.95. The highest BCUT2D eigenvalue weighted by Gasteiger charge is 2.26. The molecule has 3 aromatic rings. The van der Waals surface area contributed by atoms with E-state index in [1.807, 2.05) is 24.3 Å². The maximum Gasteiger partial charge on any atom is 0.269 e. The van der Waals surface area contributed by atoms with Crippen LogP contribution in [-0.4, -0.2) is 23.3 Å². The lowest BCUT2D eigenvalue weighted by molar-refractivity contribution is -0.384. The van der Waals surface area contributed by atoms with E-state index in [2.05, 4.69) is 21.2 Å². The summed E-state index contributed by atoms with van der Waals surface area (Å²) in [4.78, 5) is 36.8. The van der Waals surface area contributed by atoms with Crippen molar-refractivity contribution in [3.8, 4) is 5.75 Å². The van der Waals surface area contributed by atoms with E-state index >= 15 is 0 Å². The van der Waals surface area contributed by atoms with Crippen LogP contribution >= 0.6 is 15.9 Å². The van der Waals surface area contributed by atoms with Crippen molar-refractivity contribution in [2.24, 2.45) is 0 Å². The summed E-state index contributed by atoms with van der Waals surface area (Å²) in [5.74, 6) is 0.00825. The Bertz CT molecular complexity index is 1240. The van der Waals surface area contributed by atoms with Gasteiger partial charge in [-0.15, -0.1) is 0 Å². The van der Waals surface area contributed by atoms with Gasteiger partial charge in [0.05, 0.1) is 17.2 Å². The van der Waals surface area contributed by atoms with Crippen molar-refractivity contribution in [1.29, 1.82) is 0 Å². The highest BCUT2D eigenvalue weighted by atomic mass is 79.9. The monoisotopic (exact) mass is 507 g/mol. The summed E-state index contributed by atoms with van der Waals surface area (Å²) in [6, 6.07) is 18.7. The van der Waals surface area contributed by atoms with Crippen LogP contribution in [-0.2, 0) is 16.1 Å². The number of non-ortho nitro benzene ring substituents is 1. The van der Waals surface area contributed by atoms with Crippen LogP contribution in [0.1, 0.15) is 11.1 Å². The second kappa shape index (κ2) is 9.66. The van der Waals surface area contributed by atoms with E-state index in [1.165, 1.54) is 18.2 Å². The van der Waals surface area contributed by atoms with Crippen molar-refractivity contribution in [3.63, 3.8) is 0 Å². The van der Waals surface area contributed by atoms with Gasteiger partial charge in [0.15, 0.2) is 6.61 Å². The van der Waals surface area contributed by atoms with Crippen LogP contribution in [0.15, 0.2) is 77.3 Å². The van der Waals surface area contributed by atoms with E-state index in [1.54, 1.807) is 41.3 Å². The summed E-state index contributed by atoms with van der Waals surface area (Å²) in [5.41, 5.74) is 2.67. The first kappa shape index (κ1) is 22.2. The summed E-state index contributed by atoms with van der Waals surface area (Å²) in [6.45, 7) is 0.327. The molecule has 33 heavy (non-hydrogen) atoms. The molecule has 9 heteroatoms. The SMILES string of the molecule is O=C(/C=C/c1ccc([N+](=O)[O-])cc1)Nc1ccc2c(c1)N(Cc1ccc(Br)cc1)C(=O)CO2. The Morgan fingerprint density at radius 2 is 1.85 bits per heavy atom. The first-order chi connectivity index (χ1) is 15.9. The van der Waals surface area contributed by atoms with Gasteiger partial charge in [0.2, 0.25) is 5.91 Å². The van der Waals surface area contributed by atoms with Crippen molar-refractivity contribution in [2.45, 2.75) is 6.54 Å². The highest BCUT2D eigenvalue weighted by molar-refractivity contribution is 9.10. The van der Waals surface area contributed by atoms with Crippen LogP contribution in [0.3, 0.4) is 0 Å². The second-order valence-corrected chi connectivity index (χ2v) is 8.16. The van der Waals surface area contributed by atoms with Gasteiger partial charge < -0.3 is 15.0 Å². The number of ether oxygens (including phenoxy) is 1. The summed E-state index contributed by atoms with van der Waals surface area (Å²) in [7, 11) is 0. The van der Waals surface area contributed by atoms with Gasteiger partial charge in [-0.05, 0) is 59.7 Å². The zero-order valence-corrected chi connectivity index (χ0v) is 18.8. The molecule has 0 fully saturated rings. The Morgan fingerprint density at radius 1 is 1.12 bits per heavy atom. The lowest BCUT2D eigenvalue weighted by Crippen LogP contribution is -2.38. The Labute approximate surface area is 197 Å². The molecule has 3 aromatic carbocycles. The number of benzene rings is 3. The average molecular weight is 508 g/mol. The van der Waals surface area contributed by atoms with E-state index in [9.17, 15) is 19.7 Å². The van der Waals surface area contributed by atoms with Gasteiger partial charge in [-0.3, -0.25) is 19.7 Å². The normalized spacial score (nSPS) is 12.9. The lowest BCUT2D eigenvalue weighted by atomic mass is 10.1. The van der Waals surface area contributed by atoms with Crippen molar-refractivity contribution >= 4 is 50.9 Å². The van der Waals surface area contributed by atoms with Crippen molar-refractivity contribution in [1.82, 2.24) is 0 Å². The van der Waals surface area contributed by atoms with Gasteiger partial charge in [-0.2, -0.15) is 0 Å². The molecule has 0 atom stereocenters. The molecule has 0 aliphatic carbocycles. The van der Waals surface area contributed by atoms with E-state index < -0.39 is 4.92 Å². The molecule has 0 saturated carbocycles. The molecule has 8 nitrogen and oxygen atoms in total. The van der Waals surface area contributed by atoms with E-state index in [4.69, 9.17) is 4.74 Å². The fourth-order valence-corrected chi connectivity index (χ4v) is 3.55. The smallest absolute Gasteiger partial charge is 0.269 e. The number of carbonyl (C=O) groups excluding carboxylic acids is 2. The number of nitro groups is 1. The minimum Gasteiger partial charge on any atom is -0.482 e. The number of fused-ring (bicyclic) bond motifs is 1. The van der Waals surface area contributed by atoms with Crippen LogP contribution in [0.2, 0.25) is 0 Å². The third-order valence-corrected chi connectivity index (χ3v) is 5.48. The van der Waals surface area contributed by atoms with Gasteiger partial charge in [-0.1, -0.05) is 28.1 Å². The third kappa shape index (κ3) is 5.45. The number of anilines is 2. The molecule has 0 aromatic heterocycles. The fourth-order valence-electron chi connectivity index (χ4n) is 3.29. The van der Waals surface area contributed by atoms with Crippen LogP contribution in [0.5, 0.6) is 5.75 Å². The molecule has 1 heterocycles. The van der Waals surface area contributed by atoms with Gasteiger partial charge in [-0.25, -0.2) is 0 Å². The number of rotatable bonds is 6. The Hall–Kier alpha value is -3.98. The van der Waals surface area contributed by atoms with E-state index in [-0.39, 0.29) is 24.1 Å². The van der Waals surface area contributed by atoms with Crippen molar-refractivity contribution in [2.75, 3.05) is 16.8 Å². The number of nitrogens with one attached hydrogen (secondary N) is 1. The highest BCUT2D eigenvalue weighted by Crippen LogP contribution is 2.35. The quantitative estimate of drug-likeness (QED) is 0.289. The minimum absolute atomic E-state index is 0.0184. The molecule has 4 rings (SSSR count). The fraction of sp³-hybridized carbons (Fsp3) is 0.0833. The predicted octanol–water partition coefficient (Wildman–Crippen LogP) is 4.93. The molecular formula is C24H18BrN3O5. The zero-order chi connectivity index (χ0) is 23.4. The van der Waals surface area contributed by atoms with Crippen molar-refractivity contribution < 1.29 is 19.2 Å². The van der Waals surface area contributed by atoms with Gasteiger partial charge >= 0.3 is 0 Å². The van der Waals surface area contributed by atoms with Crippen LogP contribution in [0, 0.1) is 10.1 Å². The lowest BCUT2D eigenvalue weighted by Gasteiger charge is -2.30. The summed E-state index contributed by atoms with van der Waals surface area (Å²) >= 11 is 3.40. The van der Waals surface area contributed by atoms with Crippen molar-refractivity contribution in [3.05, 3.63) is 98.5 Å². The number of carbonyl (C=O) groups is 2. The summed E-state index contributed by atoms with van der Waals surface area (Å²) in [5, 5.41) is 13.5. The average Bonchev–Trinajstić information content (AvgIpc) is 2.81. The van der Waals surface area contributed by atoms with Gasteiger partial charge in [0.25, 0.3) is 11.6 Å². The Morgan fingerprint density at radius 3 is 2.55 bits per heavy atom. The Kier molecular flexibility index (Phi) is 6.50. The maximum absolute atomic E-state index is 12.5. The van der Waals surface area contributed by atoms with Gasteiger partial charge in [0, 0.05) is 28.4 Å². The number of nitrogens with zero attached hydrogens (tertiary/aromatic N) is 2. The Balaban J connectivity index is 1.48. The molecule has 0 saturated heterocycles. The molecule has 1 N–H and O–H groups in total. The number of hydrogen-bond acceptors (Lipinski definition) is 5. The number of hydrogen-bond donors (Lipinski definition) is 1. The second-order valence-electron chi connectivity index (χ2n) is 7.25. The van der Waals surface area contributed by atoms with Crippen LogP contribution in [0.25, 0.3) is 6.08 Å². The predicted molar refractivity (Wildman–Crippen MR) is 128 cm³/mol. The number of amides is 2. The molecule has 0 bridgehead atoms. The number of halogens is 1. The maximum atomic E-state index is 12.5. The van der Waals surface area contributed by atoms with E-state index in [0.717, 1.165) is 10.0 Å². The van der Waals surface area contributed by atoms with Crippen LogP contribution < -0.4 is 15.0 Å². The molecule has 0 unspecified atom stereocenters. The molecule has 1 aliphatic rings. The number of nitro benzene ring substituents is 1. The van der Waals surface area contributed by atoms with Gasteiger partial charge in [0.1, 0.15) is 5.75 Å². The first-order valence-corrected chi connectivity index (χ1v) is 10.7. The molecule has 2 amide bonds. The molecule has 1 aliphatic heterocycles. The molecule has 166 valence electrons. The van der Waals surface area contributed by atoms with E-state index in [0.29, 0.717) is 29.2 Å². The topological polar surface area (TPSA) is 102 Å². The largest absolute Gasteiger partial charge is 0.482 e. The standard InChI is InChI=1S/C24H18BrN3O5/c25-18-6-1-17(2-7-18)14-27-21-13-19(8-11-22(21)33-15-24(27)30)26-23(29)12-5-16-3-9-20(10-4-16)28(31)32/h1-13H,14-15H2,(H,26,29)/b12-5+. The summed E-state index contributed by atoms with van der Waals surface area (Å²) < 4.78 is 6.49. The molecule has 0 spiro atoms.